The van der Waals surface area contributed by atoms with E-state index in [1.807, 2.05) is 48.2 Å². The van der Waals surface area contributed by atoms with Crippen LogP contribution in [0.2, 0.25) is 0 Å². The summed E-state index contributed by atoms with van der Waals surface area (Å²) in [4.78, 5) is 24.4. The summed E-state index contributed by atoms with van der Waals surface area (Å²) in [6.07, 6.45) is 1.31. The third-order valence-corrected chi connectivity index (χ3v) is 7.10. The van der Waals surface area contributed by atoms with E-state index < -0.39 is 6.23 Å². The van der Waals surface area contributed by atoms with Crippen molar-refractivity contribution in [1.29, 1.82) is 0 Å². The molecule has 2 aromatic rings. The average molecular weight is 480 g/mol. The second kappa shape index (κ2) is 11.1. The highest BCUT2D eigenvalue weighted by molar-refractivity contribution is 8.17. The van der Waals surface area contributed by atoms with Crippen molar-refractivity contribution in [3.8, 4) is 0 Å². The normalized spacial score (nSPS) is 21.5. The molecule has 0 spiro atoms. The molecule has 0 aliphatic carbocycles. The van der Waals surface area contributed by atoms with E-state index in [1.54, 1.807) is 6.92 Å². The zero-order valence-electron chi connectivity index (χ0n) is 20.1. The number of anilines is 1. The van der Waals surface area contributed by atoms with Crippen LogP contribution in [0, 0.1) is 0 Å². The number of benzene rings is 2. The number of amidine groups is 1. The van der Waals surface area contributed by atoms with E-state index in [0.717, 1.165) is 54.0 Å². The predicted molar refractivity (Wildman–Crippen MR) is 140 cm³/mol. The zero-order valence-corrected chi connectivity index (χ0v) is 20.9. The van der Waals surface area contributed by atoms with Crippen molar-refractivity contribution in [3.05, 3.63) is 70.8 Å². The number of rotatable bonds is 7. The van der Waals surface area contributed by atoms with Gasteiger partial charge >= 0.3 is 0 Å². The Morgan fingerprint density at radius 1 is 1.18 bits per heavy atom. The van der Waals surface area contributed by atoms with Gasteiger partial charge in [0.15, 0.2) is 17.2 Å². The van der Waals surface area contributed by atoms with Gasteiger partial charge in [-0.05, 0) is 44.7 Å². The molecule has 8 heteroatoms. The number of piperazine rings is 1. The van der Waals surface area contributed by atoms with Crippen LogP contribution in [0.5, 0.6) is 0 Å². The van der Waals surface area contributed by atoms with E-state index in [4.69, 9.17) is 4.99 Å². The number of hydrogen-bond donors (Lipinski definition) is 2. The van der Waals surface area contributed by atoms with Crippen molar-refractivity contribution >= 4 is 34.1 Å². The van der Waals surface area contributed by atoms with Crippen LogP contribution in [-0.4, -0.2) is 76.8 Å². The van der Waals surface area contributed by atoms with Gasteiger partial charge in [0.05, 0.1) is 16.3 Å². The second-order valence-corrected chi connectivity index (χ2v) is 9.71. The lowest BCUT2D eigenvalue weighted by Crippen LogP contribution is -2.42. The van der Waals surface area contributed by atoms with Gasteiger partial charge in [-0.25, -0.2) is 4.99 Å². The minimum Gasteiger partial charge on any atom is -0.384 e. The highest BCUT2D eigenvalue weighted by atomic mass is 32.2. The Labute approximate surface area is 206 Å². The number of ketones is 1. The molecule has 2 aliphatic heterocycles. The Kier molecular flexibility index (Phi) is 7.92. The molecule has 2 aromatic carbocycles. The van der Waals surface area contributed by atoms with Gasteiger partial charge in [-0.15, -0.1) is 0 Å². The topological polar surface area (TPSA) is 71.4 Å². The number of carbonyl (C=O) groups excluding carboxylic acids is 1. The van der Waals surface area contributed by atoms with E-state index in [9.17, 15) is 9.90 Å². The Hall–Kier alpha value is -2.81. The average Bonchev–Trinajstić information content (AvgIpc) is 3.11. The number of nitrogens with one attached hydrogen (secondary N) is 1. The van der Waals surface area contributed by atoms with Gasteiger partial charge in [0.1, 0.15) is 0 Å². The van der Waals surface area contributed by atoms with E-state index in [0.29, 0.717) is 17.8 Å². The number of nitrogens with zero attached hydrogens (tertiary/aromatic N) is 4. The van der Waals surface area contributed by atoms with Gasteiger partial charge in [-0.3, -0.25) is 4.79 Å². The van der Waals surface area contributed by atoms with E-state index in [2.05, 4.69) is 40.5 Å². The summed E-state index contributed by atoms with van der Waals surface area (Å²) in [6, 6.07) is 15.6. The van der Waals surface area contributed by atoms with Crippen LogP contribution in [-0.2, 0) is 6.54 Å². The first-order chi connectivity index (χ1) is 16.4. The molecule has 2 saturated heterocycles. The maximum Gasteiger partial charge on any atom is 0.171 e. The fraction of sp³-hybridized carbons (Fsp3) is 0.385. The fourth-order valence-corrected chi connectivity index (χ4v) is 5.08. The molecule has 0 amide bonds. The molecule has 1 unspecified atom stereocenters. The lowest BCUT2D eigenvalue weighted by atomic mass is 10.1. The minimum atomic E-state index is -0.776. The first-order valence-electron chi connectivity index (χ1n) is 11.7. The largest absolute Gasteiger partial charge is 0.384 e. The van der Waals surface area contributed by atoms with Gasteiger partial charge in [0.25, 0.3) is 0 Å². The Morgan fingerprint density at radius 3 is 2.59 bits per heavy atom. The molecule has 7 nitrogen and oxygen atoms in total. The third-order valence-electron chi connectivity index (χ3n) is 6.04. The van der Waals surface area contributed by atoms with Gasteiger partial charge < -0.3 is 25.1 Å². The number of likely N-dealkylation sites (N-methyl/N-ethyl adjacent to an activating group) is 1. The van der Waals surface area contributed by atoms with Gasteiger partial charge in [-0.1, -0.05) is 42.1 Å². The molecule has 2 aliphatic rings. The van der Waals surface area contributed by atoms with E-state index in [1.165, 1.54) is 11.8 Å². The van der Waals surface area contributed by atoms with Crippen molar-refractivity contribution in [3.63, 3.8) is 0 Å². The predicted octanol–water partition coefficient (Wildman–Crippen LogP) is 3.96. The molecular weight excluding hydrogens is 446 g/mol. The summed E-state index contributed by atoms with van der Waals surface area (Å²) in [6.45, 7) is 8.75. The molecule has 2 N–H and O–H groups in total. The number of aliphatic imine (C=N–C) groups is 1. The first-order valence-corrected chi connectivity index (χ1v) is 12.5. The van der Waals surface area contributed by atoms with Crippen LogP contribution >= 0.6 is 11.8 Å². The monoisotopic (exact) mass is 479 g/mol. The number of thioether (sulfide) groups is 1. The van der Waals surface area contributed by atoms with Crippen molar-refractivity contribution < 1.29 is 9.90 Å². The second-order valence-electron chi connectivity index (χ2n) is 8.67. The fourth-order valence-electron chi connectivity index (χ4n) is 4.01. The van der Waals surface area contributed by atoms with Gasteiger partial charge in [-0.2, -0.15) is 0 Å². The first kappa shape index (κ1) is 24.3. The standard InChI is InChI=1S/C26H33N5O2S/c1-4-27-22-11-10-21(19(2)32)16-23(22)28-26-31(17-20-8-6-5-7-9-20)25(33)24(34-26)18-30-14-12-29(3)13-15-30/h5-11,16,18,25,27,33H,4,12-15,17H2,1-3H3/b24-18-,28-26?. The van der Waals surface area contributed by atoms with Crippen molar-refractivity contribution in [2.45, 2.75) is 26.6 Å². The summed E-state index contributed by atoms with van der Waals surface area (Å²) in [5, 5.41) is 15.4. The molecule has 0 saturated carbocycles. The molecule has 0 bridgehead atoms. The van der Waals surface area contributed by atoms with Gasteiger partial charge in [0, 0.05) is 51.0 Å². The molecule has 2 heterocycles. The lowest BCUT2D eigenvalue weighted by molar-refractivity contribution is 0.0927. The van der Waals surface area contributed by atoms with Crippen molar-refractivity contribution in [2.75, 3.05) is 45.1 Å². The van der Waals surface area contributed by atoms with Crippen LogP contribution in [0.3, 0.4) is 0 Å². The SMILES string of the molecule is CCNc1ccc(C(C)=O)cc1N=C1S/C(=C\N2CCN(C)CC2)C(O)N1Cc1ccccc1. The number of hydrogen-bond acceptors (Lipinski definition) is 7. The zero-order chi connectivity index (χ0) is 24.1. The smallest absolute Gasteiger partial charge is 0.171 e. The van der Waals surface area contributed by atoms with Crippen LogP contribution in [0.25, 0.3) is 0 Å². The van der Waals surface area contributed by atoms with Crippen LogP contribution in [0.15, 0.2) is 64.6 Å². The van der Waals surface area contributed by atoms with Crippen LogP contribution in [0.1, 0.15) is 29.8 Å². The minimum absolute atomic E-state index is 0.000372. The number of aliphatic hydroxyl groups is 1. The van der Waals surface area contributed by atoms with Crippen LogP contribution in [0.4, 0.5) is 11.4 Å². The molecule has 34 heavy (non-hydrogen) atoms. The molecule has 180 valence electrons. The summed E-state index contributed by atoms with van der Waals surface area (Å²) in [5.74, 6) is 0.000372. The van der Waals surface area contributed by atoms with Crippen molar-refractivity contribution in [2.24, 2.45) is 4.99 Å². The Bertz CT molecular complexity index is 1060. The lowest BCUT2D eigenvalue weighted by Gasteiger charge is -2.32. The van der Waals surface area contributed by atoms with Crippen molar-refractivity contribution in [1.82, 2.24) is 14.7 Å². The molecule has 2 fully saturated rings. The van der Waals surface area contributed by atoms with E-state index in [-0.39, 0.29) is 5.78 Å². The maximum absolute atomic E-state index is 12.0. The highest BCUT2D eigenvalue weighted by Gasteiger charge is 2.34. The van der Waals surface area contributed by atoms with Gasteiger partial charge in [0.2, 0.25) is 0 Å². The molecule has 0 radical (unpaired) electrons. The van der Waals surface area contributed by atoms with E-state index >= 15 is 0 Å². The highest BCUT2D eigenvalue weighted by Crippen LogP contribution is 2.38. The summed E-state index contributed by atoms with van der Waals surface area (Å²) in [7, 11) is 2.13. The Morgan fingerprint density at radius 2 is 1.91 bits per heavy atom. The number of Topliss-reactive ketones (excluding diaryl/α,β-unsaturated/α-hetero) is 1. The molecule has 1 atom stereocenters. The molecule has 0 aromatic heterocycles. The Balaban J connectivity index is 1.70. The third kappa shape index (κ3) is 5.81. The summed E-state index contributed by atoms with van der Waals surface area (Å²) >= 11 is 1.50. The molecular formula is C26H33N5O2S. The number of carbonyl (C=O) groups is 1. The maximum atomic E-state index is 12.0. The molecule has 4 rings (SSSR count). The quantitative estimate of drug-likeness (QED) is 0.583. The van der Waals surface area contributed by atoms with Crippen LogP contribution < -0.4 is 5.32 Å². The number of aliphatic hydroxyl groups excluding tert-OH is 1. The summed E-state index contributed by atoms with van der Waals surface area (Å²) in [5.41, 5.74) is 3.28. The summed E-state index contributed by atoms with van der Waals surface area (Å²) < 4.78 is 0.